The number of nitriles is 1. The number of nitrogens with zero attached hydrogens (tertiary/aromatic N) is 4. The summed E-state index contributed by atoms with van der Waals surface area (Å²) >= 11 is 0. The molecule has 0 atom stereocenters. The number of nitrogens with one attached hydrogen (secondary N) is 1. The normalized spacial score (nSPS) is 13.0. The maximum absolute atomic E-state index is 9.28. The molecule has 0 radical (unpaired) electrons. The second-order valence-corrected chi connectivity index (χ2v) is 6.36. The summed E-state index contributed by atoms with van der Waals surface area (Å²) in [7, 11) is 0. The summed E-state index contributed by atoms with van der Waals surface area (Å²) in [6.45, 7) is 2.89. The monoisotopic (exact) mass is 341 g/mol. The van der Waals surface area contributed by atoms with Crippen LogP contribution in [0.2, 0.25) is 0 Å². The molecule has 1 aromatic heterocycles. The first kappa shape index (κ1) is 16.1. The summed E-state index contributed by atoms with van der Waals surface area (Å²) in [4.78, 5) is 11.5. The van der Waals surface area contributed by atoms with Gasteiger partial charge in [-0.1, -0.05) is 30.3 Å². The van der Waals surface area contributed by atoms with E-state index in [9.17, 15) is 5.26 Å². The van der Waals surface area contributed by atoms with E-state index >= 15 is 0 Å². The second-order valence-electron chi connectivity index (χ2n) is 6.36. The van der Waals surface area contributed by atoms with Crippen LogP contribution in [0.1, 0.15) is 23.2 Å². The number of fused-ring (bicyclic) bond motifs is 1. The molecule has 128 valence electrons. The zero-order chi connectivity index (χ0) is 17.9. The second kappa shape index (κ2) is 6.85. The van der Waals surface area contributed by atoms with Gasteiger partial charge in [0.2, 0.25) is 5.95 Å². The largest absolute Gasteiger partial charge is 0.326 e. The smallest absolute Gasteiger partial charge is 0.229 e. The van der Waals surface area contributed by atoms with E-state index in [1.54, 1.807) is 6.07 Å². The van der Waals surface area contributed by atoms with Gasteiger partial charge in [0.25, 0.3) is 0 Å². The van der Waals surface area contributed by atoms with Gasteiger partial charge in [0.15, 0.2) is 0 Å². The number of benzene rings is 2. The molecule has 0 saturated heterocycles. The molecule has 1 N–H and O–H groups in total. The van der Waals surface area contributed by atoms with Crippen LogP contribution in [0.4, 0.5) is 23.1 Å². The van der Waals surface area contributed by atoms with Gasteiger partial charge in [-0.05, 0) is 43.5 Å². The highest BCUT2D eigenvalue weighted by Crippen LogP contribution is 2.33. The average Bonchev–Trinajstić information content (AvgIpc) is 2.67. The van der Waals surface area contributed by atoms with Crippen molar-refractivity contribution in [2.24, 2.45) is 0 Å². The van der Waals surface area contributed by atoms with Crippen molar-refractivity contribution in [3.8, 4) is 6.07 Å². The number of para-hydroxylation sites is 2. The van der Waals surface area contributed by atoms with Crippen molar-refractivity contribution in [1.82, 2.24) is 9.97 Å². The number of rotatable bonds is 3. The maximum Gasteiger partial charge on any atom is 0.229 e. The average molecular weight is 341 g/mol. The lowest BCUT2D eigenvalue weighted by molar-refractivity contribution is 0.758. The lowest BCUT2D eigenvalue weighted by atomic mass is 10.0. The zero-order valence-corrected chi connectivity index (χ0v) is 14.6. The maximum atomic E-state index is 9.28. The van der Waals surface area contributed by atoms with Gasteiger partial charge in [-0.3, -0.25) is 0 Å². The summed E-state index contributed by atoms with van der Waals surface area (Å²) < 4.78 is 0. The van der Waals surface area contributed by atoms with E-state index in [2.05, 4.69) is 45.5 Å². The van der Waals surface area contributed by atoms with Gasteiger partial charge in [0.05, 0.1) is 11.3 Å². The van der Waals surface area contributed by atoms with Crippen LogP contribution in [0.25, 0.3) is 0 Å². The first-order valence-corrected chi connectivity index (χ1v) is 8.72. The Labute approximate surface area is 153 Å². The van der Waals surface area contributed by atoms with Crippen molar-refractivity contribution in [1.29, 1.82) is 5.26 Å². The van der Waals surface area contributed by atoms with Crippen LogP contribution in [0.5, 0.6) is 0 Å². The van der Waals surface area contributed by atoms with Crippen LogP contribution < -0.4 is 10.2 Å². The van der Waals surface area contributed by atoms with Gasteiger partial charge in [-0.25, -0.2) is 4.98 Å². The van der Waals surface area contributed by atoms with Crippen molar-refractivity contribution in [2.75, 3.05) is 16.8 Å². The molecular weight excluding hydrogens is 322 g/mol. The van der Waals surface area contributed by atoms with Gasteiger partial charge in [-0.2, -0.15) is 10.2 Å². The van der Waals surface area contributed by atoms with Crippen LogP contribution in [-0.4, -0.2) is 16.5 Å². The van der Waals surface area contributed by atoms with E-state index in [-0.39, 0.29) is 0 Å². The zero-order valence-electron chi connectivity index (χ0n) is 14.6. The molecule has 0 saturated carbocycles. The predicted octanol–water partition coefficient (Wildman–Crippen LogP) is 4.48. The predicted molar refractivity (Wildman–Crippen MR) is 103 cm³/mol. The minimum absolute atomic E-state index is 0.505. The van der Waals surface area contributed by atoms with Crippen molar-refractivity contribution in [3.63, 3.8) is 0 Å². The highest BCUT2D eigenvalue weighted by molar-refractivity contribution is 5.68. The fourth-order valence-corrected chi connectivity index (χ4v) is 3.33. The van der Waals surface area contributed by atoms with E-state index < -0.39 is 0 Å². The molecule has 5 nitrogen and oxygen atoms in total. The Morgan fingerprint density at radius 2 is 1.88 bits per heavy atom. The summed E-state index contributed by atoms with van der Waals surface area (Å²) in [5, 5.41) is 12.5. The third-order valence-electron chi connectivity index (χ3n) is 4.52. The molecule has 26 heavy (non-hydrogen) atoms. The van der Waals surface area contributed by atoms with E-state index in [4.69, 9.17) is 4.98 Å². The van der Waals surface area contributed by atoms with Crippen molar-refractivity contribution in [3.05, 3.63) is 71.4 Å². The molecule has 2 heterocycles. The third kappa shape index (κ3) is 3.09. The standard InChI is InChI=1S/C21H19N5/c1-15-13-20(26-12-6-9-16-7-3-5-11-19(16)26)25-21(23-15)24-18-10-4-2-8-17(18)14-22/h2-5,7-8,10-11,13H,6,9,12H2,1H3,(H,23,24,25). The Hall–Kier alpha value is -3.39. The summed E-state index contributed by atoms with van der Waals surface area (Å²) in [5.74, 6) is 1.38. The van der Waals surface area contributed by atoms with Crippen LogP contribution >= 0.6 is 0 Å². The first-order chi connectivity index (χ1) is 12.7. The minimum atomic E-state index is 0.505. The molecule has 0 bridgehead atoms. The SMILES string of the molecule is Cc1cc(N2CCCc3ccccc32)nc(Nc2ccccc2C#N)n1. The summed E-state index contributed by atoms with van der Waals surface area (Å²) in [6.07, 6.45) is 2.19. The quantitative estimate of drug-likeness (QED) is 0.760. The molecular formula is C21H19N5. The molecule has 2 aromatic carbocycles. The molecule has 1 aliphatic rings. The van der Waals surface area contributed by atoms with Crippen LogP contribution in [-0.2, 0) is 6.42 Å². The fourth-order valence-electron chi connectivity index (χ4n) is 3.33. The Morgan fingerprint density at radius 1 is 1.08 bits per heavy atom. The Morgan fingerprint density at radius 3 is 2.77 bits per heavy atom. The van der Waals surface area contributed by atoms with Crippen LogP contribution in [0.3, 0.4) is 0 Å². The number of hydrogen-bond donors (Lipinski definition) is 1. The van der Waals surface area contributed by atoms with Crippen molar-refractivity contribution in [2.45, 2.75) is 19.8 Å². The van der Waals surface area contributed by atoms with E-state index in [1.807, 2.05) is 31.2 Å². The molecule has 0 spiro atoms. The molecule has 4 rings (SSSR count). The Bertz CT molecular complexity index is 990. The highest BCUT2D eigenvalue weighted by Gasteiger charge is 2.19. The highest BCUT2D eigenvalue weighted by atomic mass is 15.2. The van der Waals surface area contributed by atoms with Crippen LogP contribution in [0, 0.1) is 18.3 Å². The molecule has 0 fully saturated rings. The van der Waals surface area contributed by atoms with Gasteiger partial charge in [-0.15, -0.1) is 0 Å². The van der Waals surface area contributed by atoms with Crippen molar-refractivity contribution < 1.29 is 0 Å². The minimum Gasteiger partial charge on any atom is -0.326 e. The lowest BCUT2D eigenvalue weighted by Crippen LogP contribution is -2.25. The topological polar surface area (TPSA) is 64.8 Å². The Balaban J connectivity index is 1.71. The Kier molecular flexibility index (Phi) is 4.24. The molecule has 1 aliphatic heterocycles. The molecule has 0 unspecified atom stereocenters. The van der Waals surface area contributed by atoms with E-state index in [0.717, 1.165) is 30.9 Å². The molecule has 0 amide bonds. The first-order valence-electron chi connectivity index (χ1n) is 8.72. The van der Waals surface area contributed by atoms with E-state index in [0.29, 0.717) is 17.2 Å². The molecule has 3 aromatic rings. The van der Waals surface area contributed by atoms with Gasteiger partial charge < -0.3 is 10.2 Å². The van der Waals surface area contributed by atoms with Crippen LogP contribution in [0.15, 0.2) is 54.6 Å². The molecule has 0 aliphatic carbocycles. The molecule has 5 heteroatoms. The van der Waals surface area contributed by atoms with Gasteiger partial charge in [0, 0.05) is 24.0 Å². The third-order valence-corrected chi connectivity index (χ3v) is 4.52. The number of aromatic nitrogens is 2. The number of aryl methyl sites for hydroxylation is 2. The number of anilines is 4. The fraction of sp³-hybridized carbons (Fsp3) is 0.190. The summed E-state index contributed by atoms with van der Waals surface area (Å²) in [5.41, 5.74) is 4.72. The van der Waals surface area contributed by atoms with Crippen molar-refractivity contribution >= 4 is 23.1 Å². The number of hydrogen-bond acceptors (Lipinski definition) is 5. The van der Waals surface area contributed by atoms with Gasteiger partial charge in [0.1, 0.15) is 11.9 Å². The summed E-state index contributed by atoms with van der Waals surface area (Å²) in [6, 6.07) is 20.0. The lowest BCUT2D eigenvalue weighted by Gasteiger charge is -2.30. The van der Waals surface area contributed by atoms with E-state index in [1.165, 1.54) is 11.3 Å². The van der Waals surface area contributed by atoms with Gasteiger partial charge >= 0.3 is 0 Å².